The van der Waals surface area contributed by atoms with Gasteiger partial charge < -0.3 is 4.74 Å². The van der Waals surface area contributed by atoms with Crippen molar-refractivity contribution in [1.82, 2.24) is 0 Å². The van der Waals surface area contributed by atoms with Crippen LogP contribution < -0.4 is 0 Å². The summed E-state index contributed by atoms with van der Waals surface area (Å²) in [6.07, 6.45) is 2.41. The van der Waals surface area contributed by atoms with Crippen molar-refractivity contribution in [2.75, 3.05) is 13.2 Å². The quantitative estimate of drug-likeness (QED) is 0.580. The predicted octanol–water partition coefficient (Wildman–Crippen LogP) is 2.20. The minimum Gasteiger partial charge on any atom is -0.381 e. The zero-order valence-corrected chi connectivity index (χ0v) is 7.36. The second-order valence-corrected chi connectivity index (χ2v) is 3.72. The highest BCUT2D eigenvalue weighted by atomic mass is 79.9. The molecule has 1 aliphatic heterocycles. The topological polar surface area (TPSA) is 9.23 Å². The summed E-state index contributed by atoms with van der Waals surface area (Å²) >= 11 is 3.63. The van der Waals surface area contributed by atoms with Crippen LogP contribution in [-0.4, -0.2) is 18.0 Å². The predicted molar refractivity (Wildman–Crippen MR) is 41.9 cm³/mol. The Hall–Kier alpha value is 0.440. The summed E-state index contributed by atoms with van der Waals surface area (Å²) in [6, 6.07) is 0. The molecule has 1 nitrogen and oxygen atoms in total. The number of alkyl halides is 1. The molecule has 2 heteroatoms. The molecule has 1 saturated heterocycles. The maximum absolute atomic E-state index is 5.31. The highest BCUT2D eigenvalue weighted by Crippen LogP contribution is 2.24. The lowest BCUT2D eigenvalue weighted by Gasteiger charge is -2.26. The number of hydrogen-bond donors (Lipinski definition) is 0. The van der Waals surface area contributed by atoms with E-state index in [0.29, 0.717) is 4.83 Å². The zero-order chi connectivity index (χ0) is 6.69. The summed E-state index contributed by atoms with van der Waals surface area (Å²) in [4.78, 5) is 0.705. The van der Waals surface area contributed by atoms with E-state index in [0.717, 1.165) is 19.1 Å². The van der Waals surface area contributed by atoms with Gasteiger partial charge in [0.05, 0.1) is 6.61 Å². The van der Waals surface area contributed by atoms with E-state index in [2.05, 4.69) is 22.9 Å². The third kappa shape index (κ3) is 1.94. The fraction of sp³-hybridized carbons (Fsp3) is 1.00. The molecule has 0 saturated carbocycles. The summed E-state index contributed by atoms with van der Waals surface area (Å²) in [5.41, 5.74) is 0. The lowest BCUT2D eigenvalue weighted by Crippen LogP contribution is -2.26. The molecule has 54 valence electrons. The molecule has 1 aliphatic rings. The third-order valence-corrected chi connectivity index (χ3v) is 3.11. The maximum atomic E-state index is 5.31. The van der Waals surface area contributed by atoms with Gasteiger partial charge in [-0.15, -0.1) is 0 Å². The molecular formula is C7H13BrO. The van der Waals surface area contributed by atoms with Gasteiger partial charge in [-0.3, -0.25) is 0 Å². The smallest absolute Gasteiger partial charge is 0.0504 e. The molecule has 0 aromatic carbocycles. The van der Waals surface area contributed by atoms with Crippen LogP contribution in [0.5, 0.6) is 0 Å². The molecule has 0 amide bonds. The van der Waals surface area contributed by atoms with Crippen LogP contribution in [0.1, 0.15) is 19.8 Å². The largest absolute Gasteiger partial charge is 0.381 e. The molecule has 0 bridgehead atoms. The van der Waals surface area contributed by atoms with E-state index < -0.39 is 0 Å². The van der Waals surface area contributed by atoms with Gasteiger partial charge in [0.25, 0.3) is 0 Å². The van der Waals surface area contributed by atoms with Gasteiger partial charge in [0.1, 0.15) is 0 Å². The summed E-state index contributed by atoms with van der Waals surface area (Å²) in [6.45, 7) is 4.10. The van der Waals surface area contributed by atoms with Crippen LogP contribution in [0.2, 0.25) is 0 Å². The Labute approximate surface area is 64.9 Å². The van der Waals surface area contributed by atoms with Crippen LogP contribution in [0.15, 0.2) is 0 Å². The lowest BCUT2D eigenvalue weighted by molar-refractivity contribution is 0.0591. The summed E-state index contributed by atoms with van der Waals surface area (Å²) in [7, 11) is 0. The summed E-state index contributed by atoms with van der Waals surface area (Å²) in [5, 5.41) is 0. The summed E-state index contributed by atoms with van der Waals surface area (Å²) < 4.78 is 5.31. The van der Waals surface area contributed by atoms with Crippen molar-refractivity contribution in [1.29, 1.82) is 0 Å². The monoisotopic (exact) mass is 192 g/mol. The van der Waals surface area contributed by atoms with Gasteiger partial charge in [-0.1, -0.05) is 29.3 Å². The van der Waals surface area contributed by atoms with E-state index in [1.54, 1.807) is 0 Å². The lowest BCUT2D eigenvalue weighted by atomic mass is 10.00. The second-order valence-electron chi connectivity index (χ2n) is 2.55. The standard InChI is InChI=1S/C7H13BrO/c1-2-6-5-9-4-3-7(6)8/h6-7H,2-5H2,1H3. The van der Waals surface area contributed by atoms with Crippen LogP contribution in [0.3, 0.4) is 0 Å². The minimum atomic E-state index is 0.705. The van der Waals surface area contributed by atoms with Crippen molar-refractivity contribution in [3.8, 4) is 0 Å². The Bertz CT molecular complexity index is 85.0. The molecule has 0 radical (unpaired) electrons. The van der Waals surface area contributed by atoms with E-state index in [9.17, 15) is 0 Å². The molecular weight excluding hydrogens is 180 g/mol. The average Bonchev–Trinajstić information content (AvgIpc) is 1.89. The van der Waals surface area contributed by atoms with E-state index in [4.69, 9.17) is 4.74 Å². The number of rotatable bonds is 1. The first kappa shape index (κ1) is 7.55. The fourth-order valence-corrected chi connectivity index (χ4v) is 1.86. The van der Waals surface area contributed by atoms with Gasteiger partial charge in [-0.2, -0.15) is 0 Å². The van der Waals surface area contributed by atoms with Crippen LogP contribution in [-0.2, 0) is 4.74 Å². The first-order valence-electron chi connectivity index (χ1n) is 3.56. The zero-order valence-electron chi connectivity index (χ0n) is 5.77. The normalized spacial score (nSPS) is 36.7. The minimum absolute atomic E-state index is 0.705. The first-order chi connectivity index (χ1) is 4.34. The van der Waals surface area contributed by atoms with Gasteiger partial charge in [0.15, 0.2) is 0 Å². The molecule has 0 aromatic heterocycles. The highest BCUT2D eigenvalue weighted by molar-refractivity contribution is 9.09. The maximum Gasteiger partial charge on any atom is 0.0504 e. The van der Waals surface area contributed by atoms with Crippen LogP contribution in [0.25, 0.3) is 0 Å². The van der Waals surface area contributed by atoms with E-state index in [-0.39, 0.29) is 0 Å². The fourth-order valence-electron chi connectivity index (χ4n) is 1.14. The van der Waals surface area contributed by atoms with Gasteiger partial charge >= 0.3 is 0 Å². The van der Waals surface area contributed by atoms with E-state index in [1.165, 1.54) is 12.8 Å². The van der Waals surface area contributed by atoms with Crippen molar-refractivity contribution >= 4 is 15.9 Å². The summed E-state index contributed by atoms with van der Waals surface area (Å²) in [5.74, 6) is 0.749. The van der Waals surface area contributed by atoms with E-state index in [1.807, 2.05) is 0 Å². The molecule has 0 aliphatic carbocycles. The Morgan fingerprint density at radius 2 is 2.44 bits per heavy atom. The van der Waals surface area contributed by atoms with Gasteiger partial charge in [-0.25, -0.2) is 0 Å². The van der Waals surface area contributed by atoms with Crippen molar-refractivity contribution in [3.05, 3.63) is 0 Å². The van der Waals surface area contributed by atoms with E-state index >= 15 is 0 Å². The molecule has 9 heavy (non-hydrogen) atoms. The number of hydrogen-bond acceptors (Lipinski definition) is 1. The van der Waals surface area contributed by atoms with Crippen molar-refractivity contribution in [2.24, 2.45) is 5.92 Å². The average molecular weight is 193 g/mol. The molecule has 2 unspecified atom stereocenters. The van der Waals surface area contributed by atoms with Crippen LogP contribution in [0.4, 0.5) is 0 Å². The van der Waals surface area contributed by atoms with Gasteiger partial charge in [0, 0.05) is 11.4 Å². The van der Waals surface area contributed by atoms with Crippen molar-refractivity contribution in [2.45, 2.75) is 24.6 Å². The molecule has 1 fully saturated rings. The molecule has 0 spiro atoms. The Morgan fingerprint density at radius 3 is 2.89 bits per heavy atom. The number of ether oxygens (including phenoxy) is 1. The Morgan fingerprint density at radius 1 is 1.67 bits per heavy atom. The highest BCUT2D eigenvalue weighted by Gasteiger charge is 2.20. The van der Waals surface area contributed by atoms with Crippen LogP contribution >= 0.6 is 15.9 Å². The van der Waals surface area contributed by atoms with Gasteiger partial charge in [-0.05, 0) is 12.3 Å². The Kier molecular flexibility index (Phi) is 2.99. The molecule has 1 rings (SSSR count). The molecule has 1 heterocycles. The molecule has 2 atom stereocenters. The number of halogens is 1. The SMILES string of the molecule is CCC1COCCC1Br. The van der Waals surface area contributed by atoms with Crippen molar-refractivity contribution < 1.29 is 4.74 Å². The second kappa shape index (κ2) is 3.57. The van der Waals surface area contributed by atoms with Crippen LogP contribution in [0, 0.1) is 5.92 Å². The molecule has 0 aromatic rings. The Balaban J connectivity index is 2.30. The third-order valence-electron chi connectivity index (χ3n) is 1.91. The molecule has 0 N–H and O–H groups in total. The van der Waals surface area contributed by atoms with Gasteiger partial charge in [0.2, 0.25) is 0 Å². The first-order valence-corrected chi connectivity index (χ1v) is 4.48. The van der Waals surface area contributed by atoms with Crippen molar-refractivity contribution in [3.63, 3.8) is 0 Å².